The van der Waals surface area contributed by atoms with Crippen LogP contribution in [0.1, 0.15) is 33.6 Å². The van der Waals surface area contributed by atoms with Gasteiger partial charge in [0.15, 0.2) is 0 Å². The molecule has 1 atom stereocenters. The zero-order chi connectivity index (χ0) is 14.1. The van der Waals surface area contributed by atoms with Crippen LogP contribution in [0.2, 0.25) is 0 Å². The highest BCUT2D eigenvalue weighted by Crippen LogP contribution is 2.23. The first-order valence-electron chi connectivity index (χ1n) is 7.00. The minimum atomic E-state index is 0.204. The molecule has 0 saturated heterocycles. The average Bonchev–Trinajstić information content (AvgIpc) is 2.32. The van der Waals surface area contributed by atoms with E-state index in [0.717, 1.165) is 38.3 Å². The van der Waals surface area contributed by atoms with Crippen molar-refractivity contribution in [3.8, 4) is 5.75 Å². The van der Waals surface area contributed by atoms with Crippen LogP contribution < -0.4 is 10.1 Å². The van der Waals surface area contributed by atoms with Crippen LogP contribution >= 0.6 is 11.6 Å². The van der Waals surface area contributed by atoms with Gasteiger partial charge in [0.2, 0.25) is 0 Å². The second kappa shape index (κ2) is 8.44. The van der Waals surface area contributed by atoms with Crippen molar-refractivity contribution in [3.05, 3.63) is 30.3 Å². The Kier molecular flexibility index (Phi) is 7.25. The second-order valence-electron chi connectivity index (χ2n) is 6.08. The molecule has 0 heterocycles. The lowest BCUT2D eigenvalue weighted by Gasteiger charge is -2.22. The highest BCUT2D eigenvalue weighted by molar-refractivity contribution is 6.20. The predicted octanol–water partition coefficient (Wildman–Crippen LogP) is 4.09. The molecule has 0 fully saturated rings. The number of nitrogens with one attached hydrogen (secondary N) is 1. The van der Waals surface area contributed by atoms with E-state index in [4.69, 9.17) is 16.3 Å². The molecule has 1 unspecified atom stereocenters. The number of ether oxygens (including phenoxy) is 1. The Morgan fingerprint density at radius 3 is 2.53 bits per heavy atom. The second-order valence-corrected chi connectivity index (χ2v) is 6.70. The van der Waals surface area contributed by atoms with Gasteiger partial charge in [-0.3, -0.25) is 0 Å². The van der Waals surface area contributed by atoms with Gasteiger partial charge in [0.1, 0.15) is 5.75 Å². The molecule has 1 aromatic rings. The van der Waals surface area contributed by atoms with E-state index in [0.29, 0.717) is 5.41 Å². The Labute approximate surface area is 122 Å². The molecular formula is C16H26ClNO. The van der Waals surface area contributed by atoms with Crippen molar-refractivity contribution >= 4 is 11.6 Å². The molecule has 0 radical (unpaired) electrons. The number of alkyl halides is 1. The summed E-state index contributed by atoms with van der Waals surface area (Å²) in [5.41, 5.74) is 0.296. The molecule has 0 spiro atoms. The van der Waals surface area contributed by atoms with E-state index in [9.17, 15) is 0 Å². The molecule has 0 bridgehead atoms. The van der Waals surface area contributed by atoms with Crippen LogP contribution in [-0.2, 0) is 0 Å². The van der Waals surface area contributed by atoms with Gasteiger partial charge in [-0.2, -0.15) is 0 Å². The van der Waals surface area contributed by atoms with E-state index < -0.39 is 0 Å². The van der Waals surface area contributed by atoms with Gasteiger partial charge in [-0.15, -0.1) is 11.6 Å². The number of benzene rings is 1. The Morgan fingerprint density at radius 2 is 1.89 bits per heavy atom. The quantitative estimate of drug-likeness (QED) is 0.573. The van der Waals surface area contributed by atoms with E-state index in [-0.39, 0.29) is 5.38 Å². The largest absolute Gasteiger partial charge is 0.494 e. The van der Waals surface area contributed by atoms with Crippen molar-refractivity contribution in [2.24, 2.45) is 5.41 Å². The summed E-state index contributed by atoms with van der Waals surface area (Å²) in [6, 6.07) is 9.91. The standard InChI is InChI=1S/C16H26ClNO/c1-16(2,3)12-14(17)13-18-10-7-11-19-15-8-5-4-6-9-15/h4-6,8-9,14,18H,7,10-13H2,1-3H3. The third kappa shape index (κ3) is 8.90. The molecule has 108 valence electrons. The highest BCUT2D eigenvalue weighted by Gasteiger charge is 2.16. The van der Waals surface area contributed by atoms with Crippen molar-refractivity contribution in [2.45, 2.75) is 39.0 Å². The van der Waals surface area contributed by atoms with Crippen molar-refractivity contribution in [1.29, 1.82) is 0 Å². The van der Waals surface area contributed by atoms with Crippen molar-refractivity contribution in [2.75, 3.05) is 19.7 Å². The van der Waals surface area contributed by atoms with Gasteiger partial charge in [-0.1, -0.05) is 39.0 Å². The number of para-hydroxylation sites is 1. The number of hydrogen-bond acceptors (Lipinski definition) is 2. The molecule has 0 aliphatic carbocycles. The van der Waals surface area contributed by atoms with Gasteiger partial charge in [-0.25, -0.2) is 0 Å². The van der Waals surface area contributed by atoms with E-state index in [2.05, 4.69) is 26.1 Å². The minimum Gasteiger partial charge on any atom is -0.494 e. The maximum absolute atomic E-state index is 6.28. The maximum atomic E-state index is 6.28. The van der Waals surface area contributed by atoms with Crippen LogP contribution in [0.5, 0.6) is 5.75 Å². The molecule has 0 aliphatic heterocycles. The van der Waals surface area contributed by atoms with Crippen LogP contribution in [0, 0.1) is 5.41 Å². The zero-order valence-electron chi connectivity index (χ0n) is 12.3. The first-order valence-corrected chi connectivity index (χ1v) is 7.44. The lowest BCUT2D eigenvalue weighted by molar-refractivity contribution is 0.306. The zero-order valence-corrected chi connectivity index (χ0v) is 13.0. The van der Waals surface area contributed by atoms with Gasteiger partial charge in [-0.05, 0) is 36.9 Å². The van der Waals surface area contributed by atoms with E-state index >= 15 is 0 Å². The molecule has 2 nitrogen and oxygen atoms in total. The summed E-state index contributed by atoms with van der Waals surface area (Å²) in [6.45, 7) is 9.20. The number of hydrogen-bond donors (Lipinski definition) is 1. The first kappa shape index (κ1) is 16.3. The van der Waals surface area contributed by atoms with E-state index in [1.807, 2.05) is 30.3 Å². The third-order valence-electron chi connectivity index (χ3n) is 2.71. The number of halogens is 1. The number of rotatable bonds is 8. The molecule has 19 heavy (non-hydrogen) atoms. The van der Waals surface area contributed by atoms with Crippen LogP contribution in [-0.4, -0.2) is 25.1 Å². The normalized spacial score (nSPS) is 13.3. The summed E-state index contributed by atoms with van der Waals surface area (Å²) >= 11 is 6.28. The molecule has 0 saturated carbocycles. The van der Waals surface area contributed by atoms with Crippen molar-refractivity contribution < 1.29 is 4.74 Å². The van der Waals surface area contributed by atoms with Crippen LogP contribution in [0.3, 0.4) is 0 Å². The lowest BCUT2D eigenvalue weighted by Crippen LogP contribution is -2.28. The van der Waals surface area contributed by atoms with Gasteiger partial charge >= 0.3 is 0 Å². The maximum Gasteiger partial charge on any atom is 0.119 e. The van der Waals surface area contributed by atoms with Crippen LogP contribution in [0.15, 0.2) is 30.3 Å². The Bertz CT molecular complexity index is 334. The fourth-order valence-electron chi connectivity index (χ4n) is 1.90. The first-order chi connectivity index (χ1) is 8.97. The molecular weight excluding hydrogens is 258 g/mol. The monoisotopic (exact) mass is 283 g/mol. The molecule has 1 aromatic carbocycles. The van der Waals surface area contributed by atoms with Crippen LogP contribution in [0.4, 0.5) is 0 Å². The third-order valence-corrected chi connectivity index (χ3v) is 3.02. The minimum absolute atomic E-state index is 0.204. The summed E-state index contributed by atoms with van der Waals surface area (Å²) < 4.78 is 5.62. The summed E-state index contributed by atoms with van der Waals surface area (Å²) in [5.74, 6) is 0.936. The summed E-state index contributed by atoms with van der Waals surface area (Å²) in [4.78, 5) is 0. The van der Waals surface area contributed by atoms with Crippen molar-refractivity contribution in [3.63, 3.8) is 0 Å². The van der Waals surface area contributed by atoms with Gasteiger partial charge in [0.05, 0.1) is 6.61 Å². The molecule has 0 aliphatic rings. The molecule has 0 aromatic heterocycles. The molecule has 3 heteroatoms. The molecule has 0 amide bonds. The molecule has 1 rings (SSSR count). The van der Waals surface area contributed by atoms with E-state index in [1.54, 1.807) is 0 Å². The van der Waals surface area contributed by atoms with Gasteiger partial charge in [0, 0.05) is 11.9 Å². The van der Waals surface area contributed by atoms with E-state index in [1.165, 1.54) is 0 Å². The lowest BCUT2D eigenvalue weighted by atomic mass is 9.90. The Hall–Kier alpha value is -0.730. The predicted molar refractivity (Wildman–Crippen MR) is 83.1 cm³/mol. The van der Waals surface area contributed by atoms with Gasteiger partial charge in [0.25, 0.3) is 0 Å². The highest BCUT2D eigenvalue weighted by atomic mass is 35.5. The Balaban J connectivity index is 2.00. The average molecular weight is 284 g/mol. The SMILES string of the molecule is CC(C)(C)CC(Cl)CNCCCOc1ccccc1. The molecule has 1 N–H and O–H groups in total. The summed E-state index contributed by atoms with van der Waals surface area (Å²) in [6.07, 6.45) is 2.02. The summed E-state index contributed by atoms with van der Waals surface area (Å²) in [7, 11) is 0. The smallest absolute Gasteiger partial charge is 0.119 e. The fourth-order valence-corrected chi connectivity index (χ4v) is 2.47. The van der Waals surface area contributed by atoms with Gasteiger partial charge < -0.3 is 10.1 Å². The Morgan fingerprint density at radius 1 is 1.21 bits per heavy atom. The van der Waals surface area contributed by atoms with Crippen LogP contribution in [0.25, 0.3) is 0 Å². The van der Waals surface area contributed by atoms with Crippen molar-refractivity contribution in [1.82, 2.24) is 5.32 Å². The fraction of sp³-hybridized carbons (Fsp3) is 0.625. The topological polar surface area (TPSA) is 21.3 Å². The summed E-state index contributed by atoms with van der Waals surface area (Å²) in [5, 5.41) is 3.59.